The number of imide groups is 1. The van der Waals surface area contributed by atoms with Crippen molar-refractivity contribution in [2.75, 3.05) is 7.05 Å². The summed E-state index contributed by atoms with van der Waals surface area (Å²) < 4.78 is 0. The van der Waals surface area contributed by atoms with Crippen molar-refractivity contribution < 1.29 is 9.59 Å². The summed E-state index contributed by atoms with van der Waals surface area (Å²) in [5.74, 6) is -0.537. The van der Waals surface area contributed by atoms with E-state index in [1.165, 1.54) is 0 Å². The van der Waals surface area contributed by atoms with Gasteiger partial charge >= 0.3 is 0 Å². The van der Waals surface area contributed by atoms with E-state index < -0.39 is 0 Å². The molecule has 1 aliphatic rings. The van der Waals surface area contributed by atoms with Crippen LogP contribution in [0.2, 0.25) is 0 Å². The van der Waals surface area contributed by atoms with Gasteiger partial charge in [0.2, 0.25) is 11.8 Å². The lowest BCUT2D eigenvalue weighted by atomic mass is 9.89. The molecule has 0 aromatic heterocycles. The lowest BCUT2D eigenvalue weighted by molar-refractivity contribution is -0.134. The average Bonchev–Trinajstić information content (AvgIpc) is 2.29. The molecule has 4 nitrogen and oxygen atoms in total. The van der Waals surface area contributed by atoms with E-state index in [1.807, 2.05) is 31.3 Å². The quantitative estimate of drug-likeness (QED) is 0.762. The van der Waals surface area contributed by atoms with Gasteiger partial charge in [0.05, 0.1) is 5.92 Å². The molecule has 1 fully saturated rings. The molecule has 2 rings (SSSR count). The number of benzene rings is 1. The van der Waals surface area contributed by atoms with Gasteiger partial charge in [0.15, 0.2) is 0 Å². The van der Waals surface area contributed by atoms with Crippen LogP contribution in [0.25, 0.3) is 0 Å². The summed E-state index contributed by atoms with van der Waals surface area (Å²) >= 11 is 0. The Labute approximate surface area is 100 Å². The summed E-state index contributed by atoms with van der Waals surface area (Å²) in [6.45, 7) is 0.779. The monoisotopic (exact) mass is 232 g/mol. The summed E-state index contributed by atoms with van der Waals surface area (Å²) in [5.41, 5.74) is 2.14. The number of nitrogens with one attached hydrogen (secondary N) is 2. The molecule has 1 aromatic carbocycles. The third-order valence-corrected chi connectivity index (χ3v) is 2.97. The molecule has 1 unspecified atom stereocenters. The number of carbonyl (C=O) groups is 2. The van der Waals surface area contributed by atoms with Gasteiger partial charge in [0.1, 0.15) is 0 Å². The van der Waals surface area contributed by atoms with Crippen LogP contribution in [0.4, 0.5) is 0 Å². The first-order valence-electron chi connectivity index (χ1n) is 5.78. The van der Waals surface area contributed by atoms with Crippen LogP contribution in [0.1, 0.15) is 29.9 Å². The molecule has 2 amide bonds. The van der Waals surface area contributed by atoms with Gasteiger partial charge in [-0.1, -0.05) is 24.3 Å². The summed E-state index contributed by atoms with van der Waals surface area (Å²) in [6.07, 6.45) is 1.03. The van der Waals surface area contributed by atoms with Gasteiger partial charge in [0, 0.05) is 13.0 Å². The zero-order valence-electron chi connectivity index (χ0n) is 9.82. The number of hydrogen-bond acceptors (Lipinski definition) is 3. The predicted octanol–water partition coefficient (Wildman–Crippen LogP) is 0.926. The van der Waals surface area contributed by atoms with Crippen molar-refractivity contribution in [1.82, 2.24) is 10.6 Å². The van der Waals surface area contributed by atoms with Crippen LogP contribution >= 0.6 is 0 Å². The number of rotatable bonds is 3. The Morgan fingerprint density at radius 2 is 2.24 bits per heavy atom. The lowest BCUT2D eigenvalue weighted by Gasteiger charge is -2.21. The van der Waals surface area contributed by atoms with Gasteiger partial charge in [-0.3, -0.25) is 14.9 Å². The standard InChI is InChI=1S/C13H16N2O2/c1-14-8-9-3-2-4-10(7-9)11-5-6-12(16)15-13(11)17/h2-4,7,11,14H,5-6,8H2,1H3,(H,15,16,17). The van der Waals surface area contributed by atoms with E-state index in [2.05, 4.69) is 10.6 Å². The van der Waals surface area contributed by atoms with Crippen LogP contribution in [0.3, 0.4) is 0 Å². The highest BCUT2D eigenvalue weighted by molar-refractivity contribution is 6.00. The molecule has 17 heavy (non-hydrogen) atoms. The van der Waals surface area contributed by atoms with Crippen LogP contribution in [-0.2, 0) is 16.1 Å². The maximum atomic E-state index is 11.7. The Morgan fingerprint density at radius 3 is 2.94 bits per heavy atom. The maximum Gasteiger partial charge on any atom is 0.234 e. The Bertz CT molecular complexity index is 443. The first-order valence-corrected chi connectivity index (χ1v) is 5.78. The Hall–Kier alpha value is -1.68. The molecule has 0 radical (unpaired) electrons. The van der Waals surface area contributed by atoms with E-state index >= 15 is 0 Å². The van der Waals surface area contributed by atoms with Crippen LogP contribution in [0.15, 0.2) is 24.3 Å². The molecule has 90 valence electrons. The van der Waals surface area contributed by atoms with Crippen molar-refractivity contribution in [3.8, 4) is 0 Å². The van der Waals surface area contributed by atoms with Crippen molar-refractivity contribution in [1.29, 1.82) is 0 Å². The Morgan fingerprint density at radius 1 is 1.41 bits per heavy atom. The smallest absolute Gasteiger partial charge is 0.234 e. The molecule has 1 heterocycles. The lowest BCUT2D eigenvalue weighted by Crippen LogP contribution is -2.39. The predicted molar refractivity (Wildman–Crippen MR) is 64.3 cm³/mol. The molecular formula is C13H16N2O2. The fourth-order valence-corrected chi connectivity index (χ4v) is 2.14. The van der Waals surface area contributed by atoms with Gasteiger partial charge in [0.25, 0.3) is 0 Å². The second kappa shape index (κ2) is 5.10. The van der Waals surface area contributed by atoms with Crippen molar-refractivity contribution >= 4 is 11.8 Å². The fraction of sp³-hybridized carbons (Fsp3) is 0.385. The zero-order valence-corrected chi connectivity index (χ0v) is 9.82. The number of amides is 2. The number of hydrogen-bond donors (Lipinski definition) is 2. The summed E-state index contributed by atoms with van der Waals surface area (Å²) in [6, 6.07) is 7.94. The molecular weight excluding hydrogens is 216 g/mol. The molecule has 0 saturated carbocycles. The van der Waals surface area contributed by atoms with E-state index in [9.17, 15) is 9.59 Å². The normalized spacial score (nSPS) is 20.2. The summed E-state index contributed by atoms with van der Waals surface area (Å²) in [4.78, 5) is 22.8. The second-order valence-corrected chi connectivity index (χ2v) is 4.28. The van der Waals surface area contributed by atoms with Gasteiger partial charge in [-0.15, -0.1) is 0 Å². The van der Waals surface area contributed by atoms with E-state index in [0.29, 0.717) is 12.8 Å². The number of carbonyl (C=O) groups excluding carboxylic acids is 2. The summed E-state index contributed by atoms with van der Waals surface area (Å²) in [7, 11) is 1.89. The van der Waals surface area contributed by atoms with Crippen LogP contribution < -0.4 is 10.6 Å². The van der Waals surface area contributed by atoms with E-state index in [4.69, 9.17) is 0 Å². The topological polar surface area (TPSA) is 58.2 Å². The minimum Gasteiger partial charge on any atom is -0.316 e. The third kappa shape index (κ3) is 2.71. The molecule has 1 atom stereocenters. The van der Waals surface area contributed by atoms with Crippen molar-refractivity contribution in [3.63, 3.8) is 0 Å². The highest BCUT2D eigenvalue weighted by Gasteiger charge is 2.27. The van der Waals surface area contributed by atoms with Gasteiger partial charge < -0.3 is 5.32 Å². The molecule has 1 aromatic rings. The minimum absolute atomic E-state index is 0.169. The van der Waals surface area contributed by atoms with Gasteiger partial charge in [-0.25, -0.2) is 0 Å². The third-order valence-electron chi connectivity index (χ3n) is 2.97. The Kier molecular flexibility index (Phi) is 3.54. The molecule has 2 N–H and O–H groups in total. The van der Waals surface area contributed by atoms with E-state index in [0.717, 1.165) is 17.7 Å². The van der Waals surface area contributed by atoms with Crippen molar-refractivity contribution in [2.24, 2.45) is 0 Å². The van der Waals surface area contributed by atoms with Crippen molar-refractivity contribution in [2.45, 2.75) is 25.3 Å². The largest absolute Gasteiger partial charge is 0.316 e. The maximum absolute atomic E-state index is 11.7. The molecule has 4 heteroatoms. The molecule has 1 aliphatic heterocycles. The van der Waals surface area contributed by atoms with Crippen LogP contribution in [0, 0.1) is 0 Å². The first kappa shape index (κ1) is 11.8. The SMILES string of the molecule is CNCc1cccc(C2CCC(=O)NC2=O)c1. The first-order chi connectivity index (χ1) is 8.20. The van der Waals surface area contributed by atoms with Gasteiger partial charge in [-0.05, 0) is 24.6 Å². The van der Waals surface area contributed by atoms with Gasteiger partial charge in [-0.2, -0.15) is 0 Å². The van der Waals surface area contributed by atoms with E-state index in [-0.39, 0.29) is 17.7 Å². The molecule has 0 bridgehead atoms. The van der Waals surface area contributed by atoms with Crippen LogP contribution in [0.5, 0.6) is 0 Å². The Balaban J connectivity index is 2.18. The van der Waals surface area contributed by atoms with E-state index in [1.54, 1.807) is 0 Å². The average molecular weight is 232 g/mol. The zero-order chi connectivity index (χ0) is 12.3. The molecule has 0 aliphatic carbocycles. The fourth-order valence-electron chi connectivity index (χ4n) is 2.14. The van der Waals surface area contributed by atoms with Crippen molar-refractivity contribution in [3.05, 3.63) is 35.4 Å². The highest BCUT2D eigenvalue weighted by Crippen LogP contribution is 2.25. The molecule has 1 saturated heterocycles. The van der Waals surface area contributed by atoms with Crippen LogP contribution in [-0.4, -0.2) is 18.9 Å². The second-order valence-electron chi connectivity index (χ2n) is 4.28. The summed E-state index contributed by atoms with van der Waals surface area (Å²) in [5, 5.41) is 5.46. The minimum atomic E-state index is -0.190. The number of piperidine rings is 1. The highest BCUT2D eigenvalue weighted by atomic mass is 16.2. The molecule has 0 spiro atoms.